The molecule has 1 N–H and O–H groups in total. The molecule has 1 saturated heterocycles. The van der Waals surface area contributed by atoms with Gasteiger partial charge in [-0.15, -0.1) is 0 Å². The Morgan fingerprint density at radius 3 is 2.15 bits per heavy atom. The summed E-state index contributed by atoms with van der Waals surface area (Å²) in [6, 6.07) is 18.4. The second-order valence-electron chi connectivity index (χ2n) is 11.1. The van der Waals surface area contributed by atoms with Gasteiger partial charge in [0.2, 0.25) is 5.60 Å². The Labute approximate surface area is 203 Å². The molecule has 1 aliphatic heterocycles. The number of morpholine rings is 1. The van der Waals surface area contributed by atoms with Crippen molar-refractivity contribution < 1.29 is 19.4 Å². The number of ether oxygens (including phenoxy) is 2. The highest BCUT2D eigenvalue weighted by Gasteiger charge is 2.68. The molecule has 2 aromatic rings. The number of hydrogen-bond donors (Lipinski definition) is 1. The van der Waals surface area contributed by atoms with Gasteiger partial charge in [-0.05, 0) is 35.3 Å². The van der Waals surface area contributed by atoms with Crippen molar-refractivity contribution in [1.82, 2.24) is 4.90 Å². The van der Waals surface area contributed by atoms with Gasteiger partial charge < -0.3 is 14.6 Å². The zero-order valence-electron chi connectivity index (χ0n) is 20.6. The Bertz CT molecular complexity index is 962. The van der Waals surface area contributed by atoms with E-state index in [9.17, 15) is 9.90 Å². The van der Waals surface area contributed by atoms with Gasteiger partial charge in [0.15, 0.2) is 0 Å². The first-order valence-corrected chi connectivity index (χ1v) is 12.6. The molecule has 34 heavy (non-hydrogen) atoms. The van der Waals surface area contributed by atoms with Crippen molar-refractivity contribution in [2.45, 2.75) is 45.3 Å². The van der Waals surface area contributed by atoms with Gasteiger partial charge in [0.05, 0.1) is 13.2 Å². The highest BCUT2D eigenvalue weighted by atomic mass is 16.6. The fourth-order valence-corrected chi connectivity index (χ4v) is 6.99. The van der Waals surface area contributed by atoms with Gasteiger partial charge in [0.1, 0.15) is 6.10 Å². The average molecular weight is 464 g/mol. The summed E-state index contributed by atoms with van der Waals surface area (Å²) in [4.78, 5) is 16.4. The number of benzene rings is 2. The molecule has 1 heterocycles. The molecule has 2 saturated carbocycles. The van der Waals surface area contributed by atoms with Crippen LogP contribution in [0.5, 0.6) is 0 Å². The highest BCUT2D eigenvalue weighted by Crippen LogP contribution is 2.68. The van der Waals surface area contributed by atoms with Gasteiger partial charge in [-0.2, -0.15) is 0 Å². The molecule has 2 aromatic carbocycles. The number of fused-ring (bicyclic) bond motifs is 2. The first-order chi connectivity index (χ1) is 16.3. The van der Waals surface area contributed by atoms with Crippen LogP contribution in [0, 0.1) is 22.7 Å². The third-order valence-electron chi connectivity index (χ3n) is 9.39. The number of aliphatic hydroxyl groups is 1. The molecule has 5 rings (SSSR count). The van der Waals surface area contributed by atoms with E-state index in [2.05, 4.69) is 25.7 Å². The fraction of sp³-hybridized carbons (Fsp3) is 0.552. The number of hydrogen-bond acceptors (Lipinski definition) is 5. The van der Waals surface area contributed by atoms with Gasteiger partial charge >= 0.3 is 5.97 Å². The molecule has 4 atom stereocenters. The standard InChI is InChI=1S/C29H37NO4/c1-27(2)24-14-15-28(27,3)25(23(24)20-30-16-18-33-19-17-30)34-26(31)29(32,21-10-6-4-7-11-21)22-12-8-5-9-13-22/h4-13,23-25,32H,14-20H2,1-3H3. The topological polar surface area (TPSA) is 59.0 Å². The van der Waals surface area contributed by atoms with Crippen molar-refractivity contribution in [3.63, 3.8) is 0 Å². The van der Waals surface area contributed by atoms with Crippen LogP contribution in [0.25, 0.3) is 0 Å². The van der Waals surface area contributed by atoms with Gasteiger partial charge in [0.25, 0.3) is 0 Å². The van der Waals surface area contributed by atoms with Crippen LogP contribution in [0.2, 0.25) is 0 Å². The summed E-state index contributed by atoms with van der Waals surface area (Å²) in [5.41, 5.74) is -0.855. The minimum atomic E-state index is -1.85. The molecule has 0 amide bonds. The van der Waals surface area contributed by atoms with Gasteiger partial charge in [-0.1, -0.05) is 81.4 Å². The first-order valence-electron chi connectivity index (χ1n) is 12.6. The van der Waals surface area contributed by atoms with Crippen molar-refractivity contribution in [2.24, 2.45) is 22.7 Å². The monoisotopic (exact) mass is 463 g/mol. The molecule has 2 bridgehead atoms. The number of carbonyl (C=O) groups excluding carboxylic acids is 1. The van der Waals surface area contributed by atoms with E-state index in [0.29, 0.717) is 17.0 Å². The maximum atomic E-state index is 14.0. The summed E-state index contributed by atoms with van der Waals surface area (Å²) in [6.07, 6.45) is 1.96. The molecule has 3 aliphatic rings. The Morgan fingerprint density at radius 2 is 1.59 bits per heavy atom. The maximum absolute atomic E-state index is 14.0. The molecule has 0 radical (unpaired) electrons. The molecule has 3 fully saturated rings. The van der Waals surface area contributed by atoms with E-state index in [1.54, 1.807) is 24.3 Å². The van der Waals surface area contributed by atoms with Crippen LogP contribution in [0.3, 0.4) is 0 Å². The minimum absolute atomic E-state index is 0.0620. The average Bonchev–Trinajstić information content (AvgIpc) is 3.18. The summed E-state index contributed by atoms with van der Waals surface area (Å²) >= 11 is 0. The molecule has 0 spiro atoms. The van der Waals surface area contributed by atoms with E-state index < -0.39 is 11.6 Å². The lowest BCUT2D eigenvalue weighted by Gasteiger charge is -2.42. The Balaban J connectivity index is 1.49. The van der Waals surface area contributed by atoms with Crippen LogP contribution < -0.4 is 0 Å². The summed E-state index contributed by atoms with van der Waals surface area (Å²) in [6.45, 7) is 11.2. The summed E-state index contributed by atoms with van der Waals surface area (Å²) in [5.74, 6) is 0.151. The quantitative estimate of drug-likeness (QED) is 0.650. The first kappa shape index (κ1) is 23.5. The molecular formula is C29H37NO4. The fourth-order valence-electron chi connectivity index (χ4n) is 6.99. The van der Waals surface area contributed by atoms with Crippen molar-refractivity contribution in [1.29, 1.82) is 0 Å². The summed E-state index contributed by atoms with van der Waals surface area (Å²) in [5, 5.41) is 12.0. The van der Waals surface area contributed by atoms with Crippen LogP contribution in [-0.4, -0.2) is 54.9 Å². The SMILES string of the molecule is CC1(C)C2CCC1(C)C(OC(=O)C(O)(c1ccccc1)c1ccccc1)C2CN1CCOCC1. The number of esters is 1. The van der Waals surface area contributed by atoms with Crippen LogP contribution in [0.4, 0.5) is 0 Å². The van der Waals surface area contributed by atoms with E-state index in [0.717, 1.165) is 45.7 Å². The molecular weight excluding hydrogens is 426 g/mol. The smallest absolute Gasteiger partial charge is 0.347 e. The predicted molar refractivity (Wildman–Crippen MR) is 131 cm³/mol. The maximum Gasteiger partial charge on any atom is 0.347 e. The van der Waals surface area contributed by atoms with Crippen molar-refractivity contribution in [3.8, 4) is 0 Å². The zero-order valence-corrected chi connectivity index (χ0v) is 20.6. The van der Waals surface area contributed by atoms with E-state index >= 15 is 0 Å². The van der Waals surface area contributed by atoms with Gasteiger partial charge in [-0.25, -0.2) is 4.79 Å². The van der Waals surface area contributed by atoms with Crippen LogP contribution >= 0.6 is 0 Å². The number of nitrogens with zero attached hydrogens (tertiary/aromatic N) is 1. The molecule has 2 aliphatic carbocycles. The second kappa shape index (κ2) is 8.78. The van der Waals surface area contributed by atoms with Crippen molar-refractivity contribution in [2.75, 3.05) is 32.8 Å². The lowest BCUT2D eigenvalue weighted by atomic mass is 9.70. The Hall–Kier alpha value is -2.21. The second-order valence-corrected chi connectivity index (χ2v) is 11.1. The third kappa shape index (κ3) is 3.60. The summed E-state index contributed by atoms with van der Waals surface area (Å²) in [7, 11) is 0. The van der Waals surface area contributed by atoms with Crippen molar-refractivity contribution >= 4 is 5.97 Å². The van der Waals surface area contributed by atoms with Crippen LogP contribution in [0.15, 0.2) is 60.7 Å². The van der Waals surface area contributed by atoms with Crippen molar-refractivity contribution in [3.05, 3.63) is 71.8 Å². The molecule has 0 aromatic heterocycles. The zero-order chi connectivity index (χ0) is 24.0. The van der Waals surface area contributed by atoms with Crippen LogP contribution in [-0.2, 0) is 19.9 Å². The third-order valence-corrected chi connectivity index (χ3v) is 9.39. The lowest BCUT2D eigenvalue weighted by molar-refractivity contribution is -0.179. The van der Waals surface area contributed by atoms with E-state index in [1.807, 2.05) is 36.4 Å². The van der Waals surface area contributed by atoms with Crippen LogP contribution in [0.1, 0.15) is 44.7 Å². The van der Waals surface area contributed by atoms with E-state index in [4.69, 9.17) is 9.47 Å². The molecule has 182 valence electrons. The van der Waals surface area contributed by atoms with E-state index in [1.165, 1.54) is 0 Å². The largest absolute Gasteiger partial charge is 0.459 e. The normalized spacial score (nSPS) is 30.9. The van der Waals surface area contributed by atoms with Gasteiger partial charge in [-0.3, -0.25) is 4.90 Å². The Morgan fingerprint density at radius 1 is 1.03 bits per heavy atom. The molecule has 5 heteroatoms. The van der Waals surface area contributed by atoms with Gasteiger partial charge in [0, 0.05) is 31.0 Å². The van der Waals surface area contributed by atoms with E-state index in [-0.39, 0.29) is 22.9 Å². The summed E-state index contributed by atoms with van der Waals surface area (Å²) < 4.78 is 12.0. The Kier molecular flexibility index (Phi) is 6.07. The minimum Gasteiger partial charge on any atom is -0.459 e. The predicted octanol–water partition coefficient (Wildman–Crippen LogP) is 4.24. The number of carbonyl (C=O) groups is 1. The molecule has 5 nitrogen and oxygen atoms in total. The molecule has 4 unspecified atom stereocenters. The highest BCUT2D eigenvalue weighted by molar-refractivity contribution is 5.85. The number of rotatable bonds is 6. The lowest BCUT2D eigenvalue weighted by Crippen LogP contribution is -2.49.